The molecule has 2 aromatic rings. The Morgan fingerprint density at radius 1 is 1.24 bits per heavy atom. The number of hydrogen-bond acceptors (Lipinski definition) is 8. The molecule has 11 heteroatoms. The molecule has 4 rings (SSSR count). The highest BCUT2D eigenvalue weighted by molar-refractivity contribution is 9.10. The predicted molar refractivity (Wildman–Crippen MR) is 130 cm³/mol. The first-order valence-corrected chi connectivity index (χ1v) is 13.2. The summed E-state index contributed by atoms with van der Waals surface area (Å²) in [5.41, 5.74) is 1.68. The zero-order chi connectivity index (χ0) is 23.5. The van der Waals surface area contributed by atoms with E-state index in [9.17, 15) is 12.8 Å². The van der Waals surface area contributed by atoms with Crippen LogP contribution in [0.5, 0.6) is 5.75 Å². The van der Waals surface area contributed by atoms with Crippen molar-refractivity contribution in [2.75, 3.05) is 55.5 Å². The summed E-state index contributed by atoms with van der Waals surface area (Å²) in [5.74, 6) is -0.584. The van der Waals surface area contributed by atoms with Gasteiger partial charge in [0.2, 0.25) is 0 Å². The fraction of sp³-hybridized carbons (Fsp3) is 0.409. The van der Waals surface area contributed by atoms with Gasteiger partial charge in [-0.2, -0.15) is 0 Å². The number of hydrogen-bond donors (Lipinski definition) is 2. The summed E-state index contributed by atoms with van der Waals surface area (Å²) in [4.78, 5) is 6.56. The minimum absolute atomic E-state index is 0.228. The normalized spacial score (nSPS) is 21.8. The number of anilines is 2. The highest BCUT2D eigenvalue weighted by atomic mass is 79.9. The number of ether oxygens (including phenoxy) is 2. The summed E-state index contributed by atoms with van der Waals surface area (Å²) in [6, 6.07) is 10.2. The van der Waals surface area contributed by atoms with Gasteiger partial charge >= 0.3 is 0 Å². The highest BCUT2D eigenvalue weighted by Crippen LogP contribution is 2.38. The number of halogens is 2. The van der Waals surface area contributed by atoms with Gasteiger partial charge in [-0.3, -0.25) is 0 Å². The van der Waals surface area contributed by atoms with Crippen LogP contribution >= 0.6 is 15.9 Å². The quantitative estimate of drug-likeness (QED) is 0.391. The Bertz CT molecular complexity index is 1130. The van der Waals surface area contributed by atoms with E-state index in [1.54, 1.807) is 12.1 Å². The summed E-state index contributed by atoms with van der Waals surface area (Å²) >= 11 is 3.26. The van der Waals surface area contributed by atoms with Crippen LogP contribution in [0.1, 0.15) is 12.0 Å². The maximum atomic E-state index is 14.4. The van der Waals surface area contributed by atoms with Crippen molar-refractivity contribution in [2.45, 2.75) is 12.3 Å². The van der Waals surface area contributed by atoms with Crippen LogP contribution in [-0.4, -0.2) is 64.5 Å². The van der Waals surface area contributed by atoms with Gasteiger partial charge in [-0.25, -0.2) is 17.8 Å². The number of methoxy groups -OCH3 is 1. The SMILES string of the molecule is COC1(Nc2ccc(Br)cc2F)N=CNc2cc(OCCCN3CCS(=O)(=O)CC3)ccc21. The Morgan fingerprint density at radius 2 is 2.03 bits per heavy atom. The van der Waals surface area contributed by atoms with Crippen LogP contribution in [0, 0.1) is 5.82 Å². The molecule has 0 amide bonds. The van der Waals surface area contributed by atoms with Gasteiger partial charge in [0.15, 0.2) is 9.84 Å². The maximum absolute atomic E-state index is 14.4. The molecule has 2 aromatic carbocycles. The average Bonchev–Trinajstić information content (AvgIpc) is 2.79. The Labute approximate surface area is 201 Å². The summed E-state index contributed by atoms with van der Waals surface area (Å²) < 4.78 is 49.7. The molecule has 2 aliphatic rings. The molecule has 178 valence electrons. The van der Waals surface area contributed by atoms with Crippen molar-refractivity contribution in [2.24, 2.45) is 4.99 Å². The van der Waals surface area contributed by atoms with E-state index in [4.69, 9.17) is 9.47 Å². The highest BCUT2D eigenvalue weighted by Gasteiger charge is 2.37. The zero-order valence-corrected chi connectivity index (χ0v) is 20.6. The number of nitrogens with zero attached hydrogens (tertiary/aromatic N) is 2. The summed E-state index contributed by atoms with van der Waals surface area (Å²) in [6.45, 7) is 2.46. The molecular weight excluding hydrogens is 515 g/mol. The van der Waals surface area contributed by atoms with E-state index in [0.29, 0.717) is 35.5 Å². The van der Waals surface area contributed by atoms with Crippen molar-refractivity contribution in [3.63, 3.8) is 0 Å². The van der Waals surface area contributed by atoms with Crippen molar-refractivity contribution in [1.82, 2.24) is 4.90 Å². The first-order valence-electron chi connectivity index (χ1n) is 10.6. The third kappa shape index (κ3) is 5.65. The lowest BCUT2D eigenvalue weighted by atomic mass is 10.1. The Morgan fingerprint density at radius 3 is 2.76 bits per heavy atom. The lowest BCUT2D eigenvalue weighted by Gasteiger charge is -2.34. The van der Waals surface area contributed by atoms with Crippen molar-refractivity contribution in [3.8, 4) is 5.75 Å². The topological polar surface area (TPSA) is 92.3 Å². The molecule has 0 aliphatic carbocycles. The number of aliphatic imine (C=N–C) groups is 1. The van der Waals surface area contributed by atoms with Gasteiger partial charge in [0.25, 0.3) is 5.85 Å². The second-order valence-corrected chi connectivity index (χ2v) is 11.1. The predicted octanol–water partition coefficient (Wildman–Crippen LogP) is 3.41. The average molecular weight is 541 g/mol. The smallest absolute Gasteiger partial charge is 0.267 e. The molecule has 2 N–H and O–H groups in total. The van der Waals surface area contributed by atoms with E-state index in [0.717, 1.165) is 18.7 Å². The van der Waals surface area contributed by atoms with Crippen LogP contribution in [0.2, 0.25) is 0 Å². The van der Waals surface area contributed by atoms with Gasteiger partial charge in [0.05, 0.1) is 41.4 Å². The second-order valence-electron chi connectivity index (χ2n) is 7.90. The molecule has 8 nitrogen and oxygen atoms in total. The van der Waals surface area contributed by atoms with E-state index < -0.39 is 21.5 Å². The minimum atomic E-state index is -2.86. The summed E-state index contributed by atoms with van der Waals surface area (Å²) in [7, 11) is -1.36. The molecule has 1 fully saturated rings. The number of nitrogens with one attached hydrogen (secondary N) is 2. The molecular formula is C22H26BrFN4O4S. The Balaban J connectivity index is 1.39. The van der Waals surface area contributed by atoms with E-state index in [-0.39, 0.29) is 17.2 Å². The van der Waals surface area contributed by atoms with Crippen molar-refractivity contribution in [1.29, 1.82) is 0 Å². The summed E-state index contributed by atoms with van der Waals surface area (Å²) in [6.07, 6.45) is 2.29. The number of fused-ring (bicyclic) bond motifs is 1. The minimum Gasteiger partial charge on any atom is -0.493 e. The lowest BCUT2D eigenvalue weighted by Crippen LogP contribution is -2.40. The fourth-order valence-corrected chi connectivity index (χ4v) is 5.44. The van der Waals surface area contributed by atoms with Crippen molar-refractivity contribution >= 4 is 43.5 Å². The van der Waals surface area contributed by atoms with Crippen molar-refractivity contribution in [3.05, 3.63) is 52.3 Å². The molecule has 2 aliphatic heterocycles. The van der Waals surface area contributed by atoms with E-state index in [1.807, 2.05) is 18.2 Å². The third-order valence-electron chi connectivity index (χ3n) is 5.68. The van der Waals surface area contributed by atoms with Crippen LogP contribution in [0.3, 0.4) is 0 Å². The van der Waals surface area contributed by atoms with Gasteiger partial charge < -0.3 is 25.0 Å². The fourth-order valence-electron chi connectivity index (χ4n) is 3.83. The summed E-state index contributed by atoms with van der Waals surface area (Å²) in [5, 5.41) is 6.16. The van der Waals surface area contributed by atoms with E-state index in [1.165, 1.54) is 19.5 Å². The lowest BCUT2D eigenvalue weighted by molar-refractivity contribution is 0.0188. The molecule has 0 radical (unpaired) electrons. The molecule has 2 heterocycles. The molecule has 0 saturated carbocycles. The Kier molecular flexibility index (Phi) is 7.22. The van der Waals surface area contributed by atoms with Crippen LogP contribution in [0.25, 0.3) is 0 Å². The number of benzene rings is 2. The second kappa shape index (κ2) is 9.96. The monoisotopic (exact) mass is 540 g/mol. The van der Waals surface area contributed by atoms with Gasteiger partial charge in [0, 0.05) is 37.3 Å². The van der Waals surface area contributed by atoms with Crippen LogP contribution in [0.4, 0.5) is 15.8 Å². The first-order chi connectivity index (χ1) is 15.8. The number of sulfone groups is 1. The molecule has 0 aromatic heterocycles. The molecule has 33 heavy (non-hydrogen) atoms. The van der Waals surface area contributed by atoms with E-state index >= 15 is 0 Å². The number of rotatable bonds is 8. The largest absolute Gasteiger partial charge is 0.493 e. The molecule has 1 unspecified atom stereocenters. The van der Waals surface area contributed by atoms with Gasteiger partial charge in [-0.05, 0) is 36.8 Å². The zero-order valence-electron chi connectivity index (χ0n) is 18.2. The molecule has 0 spiro atoms. The maximum Gasteiger partial charge on any atom is 0.267 e. The van der Waals surface area contributed by atoms with Crippen LogP contribution in [-0.2, 0) is 20.4 Å². The standard InChI is InChI=1S/C22H26BrFN4O4S/c1-31-22(27-20-6-3-16(23)13-19(20)24)18-5-4-17(14-21(18)25-15-26-22)32-10-2-7-28-8-11-33(29,30)12-9-28/h3-6,13-15,27H,2,7-12H2,1H3,(H,25,26). The third-order valence-corrected chi connectivity index (χ3v) is 7.78. The molecule has 1 atom stereocenters. The van der Waals surface area contributed by atoms with E-state index in [2.05, 4.69) is 36.5 Å². The van der Waals surface area contributed by atoms with Gasteiger partial charge in [0.1, 0.15) is 11.6 Å². The van der Waals surface area contributed by atoms with Gasteiger partial charge in [-0.1, -0.05) is 15.9 Å². The molecule has 0 bridgehead atoms. The molecule has 1 saturated heterocycles. The first kappa shape index (κ1) is 23.9. The Hall–Kier alpha value is -2.21. The van der Waals surface area contributed by atoms with Crippen LogP contribution in [0.15, 0.2) is 45.9 Å². The van der Waals surface area contributed by atoms with Crippen molar-refractivity contribution < 1.29 is 22.3 Å². The van der Waals surface area contributed by atoms with Gasteiger partial charge in [-0.15, -0.1) is 0 Å². The van der Waals surface area contributed by atoms with Crippen LogP contribution < -0.4 is 15.4 Å².